The van der Waals surface area contributed by atoms with Crippen LogP contribution in [0.1, 0.15) is 37.8 Å². The summed E-state index contributed by atoms with van der Waals surface area (Å²) in [5.74, 6) is 0. The molecule has 21 heavy (non-hydrogen) atoms. The van der Waals surface area contributed by atoms with E-state index in [1.165, 1.54) is 4.31 Å². The number of ether oxygens (including phenoxy) is 1. The number of nitrogens with zero attached hydrogens (tertiary/aromatic N) is 1. The molecule has 0 radical (unpaired) electrons. The maximum Gasteiger partial charge on any atom is 0.242 e. The van der Waals surface area contributed by atoms with Crippen LogP contribution >= 0.6 is 0 Å². The van der Waals surface area contributed by atoms with Crippen LogP contribution in [-0.4, -0.2) is 39.0 Å². The fraction of sp³-hybridized carbons (Fsp3) is 0.600. The SMILES string of the molecule is CC(N)c1cccc(S(=O)(=O)N(C)CC2CCCCO2)c1. The van der Waals surface area contributed by atoms with E-state index in [4.69, 9.17) is 10.5 Å². The Morgan fingerprint density at radius 3 is 2.81 bits per heavy atom. The first kappa shape index (κ1) is 16.4. The molecule has 0 saturated carbocycles. The second-order valence-corrected chi connectivity index (χ2v) is 7.68. The number of hydrogen-bond acceptors (Lipinski definition) is 4. The Morgan fingerprint density at radius 2 is 2.19 bits per heavy atom. The third-order valence-electron chi connectivity index (χ3n) is 3.83. The number of benzene rings is 1. The summed E-state index contributed by atoms with van der Waals surface area (Å²) in [6.45, 7) is 2.95. The lowest BCUT2D eigenvalue weighted by Gasteiger charge is -2.27. The van der Waals surface area contributed by atoms with E-state index in [1.807, 2.05) is 13.0 Å². The Labute approximate surface area is 127 Å². The highest BCUT2D eigenvalue weighted by Crippen LogP contribution is 2.21. The standard InChI is InChI=1S/C15H24N2O3S/c1-12(16)13-6-5-8-15(10-13)21(18,19)17(2)11-14-7-3-4-9-20-14/h5-6,8,10,12,14H,3-4,7,9,11,16H2,1-2H3. The first-order valence-corrected chi connectivity index (χ1v) is 8.79. The smallest absolute Gasteiger partial charge is 0.242 e. The van der Waals surface area contributed by atoms with Gasteiger partial charge in [0.2, 0.25) is 10.0 Å². The molecule has 2 atom stereocenters. The molecule has 2 rings (SSSR count). The van der Waals surface area contributed by atoms with Gasteiger partial charge in [0.1, 0.15) is 0 Å². The Hall–Kier alpha value is -0.950. The molecule has 0 amide bonds. The number of hydrogen-bond donors (Lipinski definition) is 1. The molecular weight excluding hydrogens is 288 g/mol. The summed E-state index contributed by atoms with van der Waals surface area (Å²) in [5, 5.41) is 0. The molecule has 1 heterocycles. The van der Waals surface area contributed by atoms with Gasteiger partial charge in [0.05, 0.1) is 11.0 Å². The number of sulfonamides is 1. The molecule has 2 N–H and O–H groups in total. The summed E-state index contributed by atoms with van der Waals surface area (Å²) in [4.78, 5) is 0.288. The molecule has 1 fully saturated rings. The largest absolute Gasteiger partial charge is 0.377 e. The van der Waals surface area contributed by atoms with Gasteiger partial charge >= 0.3 is 0 Å². The van der Waals surface area contributed by atoms with Gasteiger partial charge in [-0.1, -0.05) is 12.1 Å². The van der Waals surface area contributed by atoms with Crippen molar-refractivity contribution in [1.82, 2.24) is 4.31 Å². The summed E-state index contributed by atoms with van der Waals surface area (Å²) in [5.41, 5.74) is 6.64. The normalized spacial score (nSPS) is 21.4. The molecule has 0 spiro atoms. The van der Waals surface area contributed by atoms with Crippen LogP contribution in [0.4, 0.5) is 0 Å². The molecule has 0 bridgehead atoms. The lowest BCUT2D eigenvalue weighted by Crippen LogP contribution is -2.37. The van der Waals surface area contributed by atoms with Crippen molar-refractivity contribution in [2.75, 3.05) is 20.2 Å². The van der Waals surface area contributed by atoms with Crippen molar-refractivity contribution in [3.8, 4) is 0 Å². The van der Waals surface area contributed by atoms with E-state index in [-0.39, 0.29) is 17.0 Å². The Morgan fingerprint density at radius 1 is 1.43 bits per heavy atom. The molecule has 2 unspecified atom stereocenters. The van der Waals surface area contributed by atoms with Crippen molar-refractivity contribution < 1.29 is 13.2 Å². The first-order chi connectivity index (χ1) is 9.91. The van der Waals surface area contributed by atoms with E-state index in [0.717, 1.165) is 31.4 Å². The van der Waals surface area contributed by atoms with Gasteiger partial charge in [-0.2, -0.15) is 4.31 Å². The highest BCUT2D eigenvalue weighted by Gasteiger charge is 2.25. The molecule has 1 aromatic carbocycles. The second-order valence-electron chi connectivity index (χ2n) is 5.64. The van der Waals surface area contributed by atoms with E-state index >= 15 is 0 Å². The lowest BCUT2D eigenvalue weighted by atomic mass is 10.1. The second kappa shape index (κ2) is 6.87. The van der Waals surface area contributed by atoms with Crippen LogP contribution in [0, 0.1) is 0 Å². The molecule has 6 heteroatoms. The van der Waals surface area contributed by atoms with Crippen molar-refractivity contribution in [2.45, 2.75) is 43.2 Å². The molecule has 1 saturated heterocycles. The van der Waals surface area contributed by atoms with Crippen LogP contribution in [0.25, 0.3) is 0 Å². The average Bonchev–Trinajstić information content (AvgIpc) is 2.48. The summed E-state index contributed by atoms with van der Waals surface area (Å²) in [6, 6.07) is 6.65. The van der Waals surface area contributed by atoms with Crippen molar-refractivity contribution in [3.63, 3.8) is 0 Å². The molecule has 0 aromatic heterocycles. The minimum atomic E-state index is -3.50. The molecule has 0 aliphatic carbocycles. The molecule has 118 valence electrons. The van der Waals surface area contributed by atoms with Crippen LogP contribution < -0.4 is 5.73 Å². The van der Waals surface area contributed by atoms with Crippen LogP contribution in [0.5, 0.6) is 0 Å². The molecule has 1 aromatic rings. The van der Waals surface area contributed by atoms with Gasteiger partial charge < -0.3 is 10.5 Å². The van der Waals surface area contributed by atoms with Gasteiger partial charge in [0.15, 0.2) is 0 Å². The van der Waals surface area contributed by atoms with Crippen LogP contribution in [0.2, 0.25) is 0 Å². The van der Waals surface area contributed by atoms with Crippen molar-refractivity contribution in [3.05, 3.63) is 29.8 Å². The van der Waals surface area contributed by atoms with Gasteiger partial charge in [-0.05, 0) is 43.9 Å². The van der Waals surface area contributed by atoms with Gasteiger partial charge in [-0.25, -0.2) is 8.42 Å². The third kappa shape index (κ3) is 4.03. The average molecular weight is 312 g/mol. The monoisotopic (exact) mass is 312 g/mol. The van der Waals surface area contributed by atoms with Crippen LogP contribution in [0.15, 0.2) is 29.2 Å². The van der Waals surface area contributed by atoms with E-state index in [9.17, 15) is 8.42 Å². The fourth-order valence-electron chi connectivity index (χ4n) is 2.47. The quantitative estimate of drug-likeness (QED) is 0.901. The summed E-state index contributed by atoms with van der Waals surface area (Å²) < 4.78 is 32.2. The maximum atomic E-state index is 12.6. The number of nitrogens with two attached hydrogens (primary N) is 1. The van der Waals surface area contributed by atoms with Gasteiger partial charge in [-0.15, -0.1) is 0 Å². The molecular formula is C15H24N2O3S. The van der Waals surface area contributed by atoms with E-state index in [1.54, 1.807) is 25.2 Å². The Bertz CT molecular complexity index is 566. The lowest BCUT2D eigenvalue weighted by molar-refractivity contribution is 0.00858. The molecule has 5 nitrogen and oxygen atoms in total. The molecule has 1 aliphatic rings. The van der Waals surface area contributed by atoms with Gasteiger partial charge in [-0.3, -0.25) is 0 Å². The number of rotatable bonds is 5. The minimum Gasteiger partial charge on any atom is -0.377 e. The highest BCUT2D eigenvalue weighted by atomic mass is 32.2. The number of likely N-dealkylation sites (N-methyl/N-ethyl adjacent to an activating group) is 1. The zero-order chi connectivity index (χ0) is 15.5. The predicted molar refractivity (Wildman–Crippen MR) is 82.5 cm³/mol. The van der Waals surface area contributed by atoms with E-state index in [0.29, 0.717) is 6.54 Å². The van der Waals surface area contributed by atoms with Crippen molar-refractivity contribution in [1.29, 1.82) is 0 Å². The van der Waals surface area contributed by atoms with Crippen LogP contribution in [0.3, 0.4) is 0 Å². The van der Waals surface area contributed by atoms with Crippen molar-refractivity contribution in [2.24, 2.45) is 5.73 Å². The van der Waals surface area contributed by atoms with Gasteiger partial charge in [0.25, 0.3) is 0 Å². The maximum absolute atomic E-state index is 12.6. The first-order valence-electron chi connectivity index (χ1n) is 7.35. The predicted octanol–water partition coefficient (Wildman–Crippen LogP) is 1.90. The van der Waals surface area contributed by atoms with Crippen molar-refractivity contribution >= 4 is 10.0 Å². The zero-order valence-electron chi connectivity index (χ0n) is 12.7. The third-order valence-corrected chi connectivity index (χ3v) is 5.65. The summed E-state index contributed by atoms with van der Waals surface area (Å²) in [7, 11) is -1.89. The Kier molecular flexibility index (Phi) is 5.37. The van der Waals surface area contributed by atoms with Crippen LogP contribution in [-0.2, 0) is 14.8 Å². The molecule has 1 aliphatic heterocycles. The van der Waals surface area contributed by atoms with E-state index in [2.05, 4.69) is 0 Å². The fourth-order valence-corrected chi connectivity index (χ4v) is 3.73. The summed E-state index contributed by atoms with van der Waals surface area (Å²) >= 11 is 0. The summed E-state index contributed by atoms with van der Waals surface area (Å²) in [6.07, 6.45) is 3.07. The topological polar surface area (TPSA) is 72.6 Å². The van der Waals surface area contributed by atoms with E-state index < -0.39 is 10.0 Å². The van der Waals surface area contributed by atoms with Gasteiger partial charge in [0, 0.05) is 26.2 Å². The minimum absolute atomic E-state index is 0.00450. The highest BCUT2D eigenvalue weighted by molar-refractivity contribution is 7.89. The zero-order valence-corrected chi connectivity index (χ0v) is 13.5. The Balaban J connectivity index is 2.14.